The van der Waals surface area contributed by atoms with E-state index in [9.17, 15) is 0 Å². The van der Waals surface area contributed by atoms with Crippen LogP contribution in [-0.2, 0) is 6.42 Å². The highest BCUT2D eigenvalue weighted by Crippen LogP contribution is 2.60. The van der Waals surface area contributed by atoms with E-state index in [2.05, 4.69) is 29.3 Å². The Hall–Kier alpha value is -1.38. The third-order valence-electron chi connectivity index (χ3n) is 7.74. The van der Waals surface area contributed by atoms with Gasteiger partial charge in [0.05, 0.1) is 17.6 Å². The first kappa shape index (κ1) is 13.9. The Morgan fingerprint density at radius 2 is 1.67 bits per heavy atom. The predicted molar refractivity (Wildman–Crippen MR) is 93.5 cm³/mol. The minimum atomic E-state index is 0.328. The Balaban J connectivity index is 1.43. The molecule has 0 saturated heterocycles. The Morgan fingerprint density at radius 1 is 0.958 bits per heavy atom. The van der Waals surface area contributed by atoms with Crippen molar-refractivity contribution >= 4 is 0 Å². The molecule has 3 nitrogen and oxygen atoms in total. The molecular formula is C21H27N3. The molecule has 1 aliphatic heterocycles. The summed E-state index contributed by atoms with van der Waals surface area (Å²) in [4.78, 5) is 0. The van der Waals surface area contributed by atoms with Gasteiger partial charge >= 0.3 is 0 Å². The van der Waals surface area contributed by atoms with Gasteiger partial charge in [-0.15, -0.1) is 0 Å². The summed E-state index contributed by atoms with van der Waals surface area (Å²) in [7, 11) is 0. The van der Waals surface area contributed by atoms with Crippen LogP contribution in [0.1, 0.15) is 68.5 Å². The lowest BCUT2D eigenvalue weighted by Crippen LogP contribution is -2.59. The van der Waals surface area contributed by atoms with Crippen molar-refractivity contribution in [1.29, 1.82) is 0 Å². The van der Waals surface area contributed by atoms with Crippen LogP contribution in [0.25, 0.3) is 0 Å². The molecule has 7 rings (SSSR count). The molecule has 4 saturated carbocycles. The lowest BCUT2D eigenvalue weighted by molar-refractivity contribution is -0.102. The Labute approximate surface area is 144 Å². The van der Waals surface area contributed by atoms with Gasteiger partial charge in [0, 0.05) is 0 Å². The first-order valence-corrected chi connectivity index (χ1v) is 10.1. The van der Waals surface area contributed by atoms with Crippen LogP contribution in [-0.4, -0.2) is 16.6 Å². The van der Waals surface area contributed by atoms with Crippen molar-refractivity contribution in [2.45, 2.75) is 75.4 Å². The molecule has 6 aliphatic rings. The van der Waals surface area contributed by atoms with Crippen LogP contribution in [0.15, 0.2) is 34.6 Å². The second kappa shape index (κ2) is 4.83. The predicted octanol–water partition coefficient (Wildman–Crippen LogP) is 5.08. The summed E-state index contributed by atoms with van der Waals surface area (Å²) < 4.78 is 0. The zero-order valence-corrected chi connectivity index (χ0v) is 14.4. The zero-order chi connectivity index (χ0) is 15.7. The van der Waals surface area contributed by atoms with E-state index in [1.807, 2.05) is 0 Å². The van der Waals surface area contributed by atoms with Gasteiger partial charge in [0.1, 0.15) is 0 Å². The quantitative estimate of drug-likeness (QED) is 0.708. The van der Waals surface area contributed by atoms with Gasteiger partial charge < -0.3 is 0 Å². The molecule has 0 radical (unpaired) electrons. The van der Waals surface area contributed by atoms with Gasteiger partial charge in [-0.2, -0.15) is 5.11 Å². The van der Waals surface area contributed by atoms with Gasteiger partial charge in [-0.1, -0.05) is 29.5 Å². The average molecular weight is 321 g/mol. The largest absolute Gasteiger partial charge is 0.263 e. The number of rotatable bonds is 1. The van der Waals surface area contributed by atoms with Crippen molar-refractivity contribution in [2.75, 3.05) is 0 Å². The summed E-state index contributed by atoms with van der Waals surface area (Å²) in [6.07, 6.45) is 12.3. The third-order valence-corrected chi connectivity index (χ3v) is 7.74. The van der Waals surface area contributed by atoms with Crippen molar-refractivity contribution in [2.24, 2.45) is 28.1 Å². The van der Waals surface area contributed by atoms with Crippen molar-refractivity contribution in [3.05, 3.63) is 35.4 Å². The van der Waals surface area contributed by atoms with Gasteiger partial charge in [0.15, 0.2) is 0 Å². The van der Waals surface area contributed by atoms with Crippen LogP contribution in [0.2, 0.25) is 0 Å². The molecule has 2 atom stereocenters. The maximum Gasteiger partial charge on any atom is 0.0991 e. The fraction of sp³-hybridized carbons (Fsp3) is 0.714. The monoisotopic (exact) mass is 321 g/mol. The van der Waals surface area contributed by atoms with Crippen molar-refractivity contribution in [3.63, 3.8) is 0 Å². The Kier molecular flexibility index (Phi) is 2.79. The van der Waals surface area contributed by atoms with Gasteiger partial charge in [0.25, 0.3) is 0 Å². The molecule has 4 fully saturated rings. The van der Waals surface area contributed by atoms with Gasteiger partial charge in [-0.3, -0.25) is 5.01 Å². The summed E-state index contributed by atoms with van der Waals surface area (Å²) in [6.45, 7) is 0. The zero-order valence-electron chi connectivity index (χ0n) is 14.4. The molecule has 4 bridgehead atoms. The fourth-order valence-electron chi connectivity index (χ4n) is 7.25. The number of fused-ring (bicyclic) bond motifs is 3. The first-order chi connectivity index (χ1) is 11.8. The molecule has 0 N–H and O–H groups in total. The second-order valence-electron chi connectivity index (χ2n) is 9.29. The molecule has 0 aromatic heterocycles. The summed E-state index contributed by atoms with van der Waals surface area (Å²) in [5.41, 5.74) is 3.41. The number of benzene rings is 1. The highest BCUT2D eigenvalue weighted by Gasteiger charge is 2.57. The van der Waals surface area contributed by atoms with Crippen LogP contribution in [0.5, 0.6) is 0 Å². The summed E-state index contributed by atoms with van der Waals surface area (Å²) in [5.74, 6) is 2.89. The van der Waals surface area contributed by atoms with E-state index in [1.54, 1.807) is 5.56 Å². The minimum absolute atomic E-state index is 0.328. The molecule has 3 heteroatoms. The maximum absolute atomic E-state index is 4.87. The molecule has 126 valence electrons. The lowest BCUT2D eigenvalue weighted by Gasteiger charge is -2.59. The van der Waals surface area contributed by atoms with Crippen LogP contribution in [0.3, 0.4) is 0 Å². The molecule has 0 unspecified atom stereocenters. The van der Waals surface area contributed by atoms with Crippen molar-refractivity contribution < 1.29 is 0 Å². The van der Waals surface area contributed by atoms with Gasteiger partial charge in [0.2, 0.25) is 0 Å². The third kappa shape index (κ3) is 1.84. The average Bonchev–Trinajstić information content (AvgIpc) is 2.91. The van der Waals surface area contributed by atoms with Crippen LogP contribution >= 0.6 is 0 Å². The SMILES string of the molecule is c1ccc2c(c1)CCC[C@H]1N=NN(C34CC5CC(CC(C5)C3)C4)[C@H]21. The van der Waals surface area contributed by atoms with E-state index >= 15 is 0 Å². The normalized spacial score (nSPS) is 45.2. The van der Waals surface area contributed by atoms with Crippen LogP contribution in [0.4, 0.5) is 0 Å². The second-order valence-corrected chi connectivity index (χ2v) is 9.29. The van der Waals surface area contributed by atoms with E-state index in [-0.39, 0.29) is 0 Å². The molecule has 5 aliphatic carbocycles. The molecular weight excluding hydrogens is 294 g/mol. The van der Waals surface area contributed by atoms with Crippen LogP contribution < -0.4 is 0 Å². The van der Waals surface area contributed by atoms with Gasteiger partial charge in [-0.25, -0.2) is 0 Å². The molecule has 1 heterocycles. The van der Waals surface area contributed by atoms with E-state index < -0.39 is 0 Å². The summed E-state index contributed by atoms with van der Waals surface area (Å²) >= 11 is 0. The Morgan fingerprint density at radius 3 is 2.42 bits per heavy atom. The highest BCUT2D eigenvalue weighted by atomic mass is 15.6. The molecule has 1 aromatic rings. The topological polar surface area (TPSA) is 28.0 Å². The van der Waals surface area contributed by atoms with Gasteiger partial charge in [-0.05, 0) is 86.7 Å². The van der Waals surface area contributed by atoms with E-state index in [1.165, 1.54) is 63.4 Å². The smallest absolute Gasteiger partial charge is 0.0991 e. The number of hydrogen-bond acceptors (Lipinski definition) is 3. The molecule has 0 spiro atoms. The van der Waals surface area contributed by atoms with E-state index in [0.717, 1.165) is 17.8 Å². The highest BCUT2D eigenvalue weighted by molar-refractivity contribution is 5.34. The molecule has 24 heavy (non-hydrogen) atoms. The summed E-state index contributed by atoms with van der Waals surface area (Å²) in [5, 5.41) is 12.2. The first-order valence-electron chi connectivity index (χ1n) is 10.1. The Bertz CT molecular complexity index is 659. The number of aryl methyl sites for hydroxylation is 1. The fourth-order valence-corrected chi connectivity index (χ4v) is 7.25. The summed E-state index contributed by atoms with van der Waals surface area (Å²) in [6, 6.07) is 9.94. The lowest BCUT2D eigenvalue weighted by atomic mass is 9.52. The molecule has 1 aromatic carbocycles. The van der Waals surface area contributed by atoms with E-state index in [4.69, 9.17) is 10.3 Å². The minimum Gasteiger partial charge on any atom is -0.263 e. The number of hydrogen-bond donors (Lipinski definition) is 0. The molecule has 0 amide bonds. The van der Waals surface area contributed by atoms with E-state index in [0.29, 0.717) is 17.6 Å². The maximum atomic E-state index is 4.87. The van der Waals surface area contributed by atoms with Crippen molar-refractivity contribution in [1.82, 2.24) is 5.01 Å². The standard InChI is InChI=1S/C21H27N3/c1-2-6-18-17(4-1)5-3-7-19-20(18)24(23-22-19)21-11-14-8-15(12-21)10-16(9-14)13-21/h1-2,4,6,14-16,19-20H,3,5,7-13H2/t14?,15?,16?,19-,20-,21?/m1/s1. The van der Waals surface area contributed by atoms with Crippen LogP contribution in [0, 0.1) is 17.8 Å². The van der Waals surface area contributed by atoms with Crippen molar-refractivity contribution in [3.8, 4) is 0 Å². The number of nitrogens with zero attached hydrogens (tertiary/aromatic N) is 3.